The number of likely N-dealkylation sites (tertiary alicyclic amines) is 1. The van der Waals surface area contributed by atoms with Crippen LogP contribution in [0.3, 0.4) is 0 Å². The van der Waals surface area contributed by atoms with E-state index in [2.05, 4.69) is 9.88 Å². The molecule has 7 nitrogen and oxygen atoms in total. The lowest BCUT2D eigenvalue weighted by molar-refractivity contribution is -0.137. The third kappa shape index (κ3) is 2.57. The number of hydrogen-bond donors (Lipinski definition) is 1. The summed E-state index contributed by atoms with van der Waals surface area (Å²) in [5.41, 5.74) is 6.26. The molecule has 3 aliphatic carbocycles. The lowest BCUT2D eigenvalue weighted by Gasteiger charge is -2.26. The van der Waals surface area contributed by atoms with Crippen LogP contribution in [0.4, 0.5) is 24.9 Å². The summed E-state index contributed by atoms with van der Waals surface area (Å²) in [5, 5.41) is 0. The first kappa shape index (κ1) is 19.5. The highest BCUT2D eigenvalue weighted by Gasteiger charge is 2.84. The second kappa shape index (κ2) is 5.95. The number of piperidine rings is 2. The van der Waals surface area contributed by atoms with Gasteiger partial charge in [-0.1, -0.05) is 0 Å². The molecule has 2 unspecified atom stereocenters. The summed E-state index contributed by atoms with van der Waals surface area (Å²) in [6.45, 7) is 3.23. The molecule has 2 aromatic heterocycles. The summed E-state index contributed by atoms with van der Waals surface area (Å²) in [4.78, 5) is 29.5. The van der Waals surface area contributed by atoms with Crippen LogP contribution >= 0.6 is 0 Å². The van der Waals surface area contributed by atoms with Crippen molar-refractivity contribution in [1.82, 2.24) is 19.9 Å². The molecule has 3 aliphatic heterocycles. The molecule has 6 aliphatic rings. The van der Waals surface area contributed by atoms with Gasteiger partial charge in [0, 0.05) is 55.2 Å². The summed E-state index contributed by atoms with van der Waals surface area (Å²) >= 11 is 0. The van der Waals surface area contributed by atoms with Crippen LogP contribution in [0.1, 0.15) is 43.4 Å². The monoisotopic (exact) mass is 456 g/mol. The molecule has 2 bridgehead atoms. The van der Waals surface area contributed by atoms with Crippen LogP contribution in [0, 0.1) is 17.3 Å². The van der Waals surface area contributed by atoms with Crippen LogP contribution in [0.5, 0.6) is 0 Å². The van der Waals surface area contributed by atoms with Gasteiger partial charge in [-0.05, 0) is 43.2 Å². The van der Waals surface area contributed by atoms with Crippen LogP contribution in [0.25, 0.3) is 11.3 Å². The second-order valence-corrected chi connectivity index (χ2v) is 10.4. The lowest BCUT2D eigenvalue weighted by atomic mass is 9.86. The van der Waals surface area contributed by atoms with Crippen LogP contribution in [-0.4, -0.2) is 50.9 Å². The number of aromatic nitrogens is 3. The first-order chi connectivity index (χ1) is 15.7. The van der Waals surface area contributed by atoms with Crippen molar-refractivity contribution in [3.05, 3.63) is 29.6 Å². The Bertz CT molecular complexity index is 1210. The first-order valence-corrected chi connectivity index (χ1v) is 11.4. The van der Waals surface area contributed by atoms with Gasteiger partial charge in [-0.25, -0.2) is 15.0 Å². The van der Waals surface area contributed by atoms with Gasteiger partial charge in [0.15, 0.2) is 0 Å². The zero-order chi connectivity index (χ0) is 22.9. The molecular formula is C23H23F3N6O. The smallest absolute Gasteiger partial charge is 0.383 e. The minimum atomic E-state index is -4.59. The molecular weight excluding hydrogens is 433 g/mol. The highest BCUT2D eigenvalue weighted by molar-refractivity contribution is 5.76. The molecule has 0 aromatic carbocycles. The number of pyridine rings is 1. The van der Waals surface area contributed by atoms with E-state index in [9.17, 15) is 18.0 Å². The quantitative estimate of drug-likeness (QED) is 0.764. The molecule has 10 heteroatoms. The third-order valence-electron chi connectivity index (χ3n) is 8.68. The number of anilines is 2. The Morgan fingerprint density at radius 1 is 1.21 bits per heavy atom. The minimum Gasteiger partial charge on any atom is -0.383 e. The second-order valence-electron chi connectivity index (χ2n) is 10.4. The summed E-state index contributed by atoms with van der Waals surface area (Å²) in [5.74, 6) is 1.40. The van der Waals surface area contributed by atoms with E-state index in [0.717, 1.165) is 44.1 Å². The number of carbonyl (C=O) groups excluding carboxylic acids is 1. The van der Waals surface area contributed by atoms with Gasteiger partial charge in [0.2, 0.25) is 11.9 Å². The van der Waals surface area contributed by atoms with E-state index in [4.69, 9.17) is 15.7 Å². The van der Waals surface area contributed by atoms with Crippen molar-refractivity contribution >= 4 is 17.7 Å². The normalized spacial score (nSPS) is 35.2. The molecule has 3 saturated carbocycles. The van der Waals surface area contributed by atoms with E-state index in [1.54, 1.807) is 6.92 Å². The average Bonchev–Trinajstić information content (AvgIpc) is 3.38. The van der Waals surface area contributed by atoms with E-state index < -0.39 is 17.6 Å². The summed E-state index contributed by atoms with van der Waals surface area (Å²) in [6, 6.07) is 3.53. The number of fused-ring (bicyclic) bond motifs is 1. The zero-order valence-electron chi connectivity index (χ0n) is 18.0. The van der Waals surface area contributed by atoms with Gasteiger partial charge in [-0.3, -0.25) is 4.79 Å². The van der Waals surface area contributed by atoms with E-state index in [-0.39, 0.29) is 28.8 Å². The van der Waals surface area contributed by atoms with Crippen LogP contribution in [-0.2, 0) is 11.0 Å². The summed E-state index contributed by atoms with van der Waals surface area (Å²) in [6.07, 6.45) is -0.0152. The van der Waals surface area contributed by atoms with Gasteiger partial charge < -0.3 is 15.5 Å². The fraction of sp³-hybridized carbons (Fsp3) is 0.565. The van der Waals surface area contributed by atoms with Crippen molar-refractivity contribution in [2.45, 2.75) is 50.4 Å². The van der Waals surface area contributed by atoms with Crippen LogP contribution < -0.4 is 10.6 Å². The molecule has 8 rings (SSSR count). The number of hydrogen-bond acceptors (Lipinski definition) is 6. The summed E-state index contributed by atoms with van der Waals surface area (Å²) in [7, 11) is 0. The predicted octanol–water partition coefficient (Wildman–Crippen LogP) is 3.07. The fourth-order valence-electron chi connectivity index (χ4n) is 6.90. The largest absolute Gasteiger partial charge is 0.419 e. The van der Waals surface area contributed by atoms with Crippen molar-refractivity contribution in [2.24, 2.45) is 17.3 Å². The average molecular weight is 456 g/mol. The molecule has 0 radical (unpaired) electrons. The maximum Gasteiger partial charge on any atom is 0.419 e. The van der Waals surface area contributed by atoms with Crippen molar-refractivity contribution < 1.29 is 18.0 Å². The first-order valence-electron chi connectivity index (χ1n) is 11.4. The molecule has 1 amide bonds. The highest BCUT2D eigenvalue weighted by atomic mass is 19.4. The minimum absolute atomic E-state index is 0.0954. The Kier molecular flexibility index (Phi) is 3.53. The molecule has 33 heavy (non-hydrogen) atoms. The Morgan fingerprint density at radius 2 is 2.00 bits per heavy atom. The molecule has 5 heterocycles. The van der Waals surface area contributed by atoms with Gasteiger partial charge in [0.25, 0.3) is 0 Å². The molecule has 4 atom stereocenters. The van der Waals surface area contributed by atoms with Gasteiger partial charge in [-0.2, -0.15) is 13.2 Å². The van der Waals surface area contributed by atoms with Gasteiger partial charge in [-0.15, -0.1) is 0 Å². The Balaban J connectivity index is 1.30. The molecule has 6 fully saturated rings. The molecule has 2 N–H and O–H groups in total. The van der Waals surface area contributed by atoms with E-state index in [0.29, 0.717) is 29.5 Å². The number of nitrogen functional groups attached to an aromatic ring is 1. The number of carbonyl (C=O) groups is 1. The highest BCUT2D eigenvalue weighted by Crippen LogP contribution is 2.83. The van der Waals surface area contributed by atoms with E-state index in [1.165, 1.54) is 6.20 Å². The Morgan fingerprint density at radius 3 is 2.61 bits per heavy atom. The lowest BCUT2D eigenvalue weighted by Crippen LogP contribution is -2.31. The number of halogens is 3. The zero-order valence-corrected chi connectivity index (χ0v) is 18.0. The molecule has 2 aromatic rings. The van der Waals surface area contributed by atoms with Crippen molar-refractivity contribution in [1.29, 1.82) is 0 Å². The topological polar surface area (TPSA) is 88.2 Å². The molecule has 1 spiro atoms. The number of amides is 1. The predicted molar refractivity (Wildman–Crippen MR) is 113 cm³/mol. The Labute approximate surface area is 188 Å². The van der Waals surface area contributed by atoms with Crippen molar-refractivity contribution in [3.8, 4) is 11.3 Å². The number of nitrogens with two attached hydrogens (primary N) is 1. The number of alkyl halides is 3. The van der Waals surface area contributed by atoms with Crippen LogP contribution in [0.2, 0.25) is 0 Å². The SMILES string of the molecule is CC(=O)N1C[C@@H]2[C@@H](c3cc(-c4cnc(N)c(C(F)(F)F)c4)nc(N4CC5CC4C5)n3)C23CC13. The molecule has 3 saturated heterocycles. The maximum atomic E-state index is 13.5. The summed E-state index contributed by atoms with van der Waals surface area (Å²) < 4.78 is 40.4. The Hall–Kier alpha value is -2.91. The van der Waals surface area contributed by atoms with Gasteiger partial charge in [0.1, 0.15) is 5.82 Å². The van der Waals surface area contributed by atoms with E-state index >= 15 is 0 Å². The number of nitrogens with zero attached hydrogens (tertiary/aromatic N) is 5. The van der Waals surface area contributed by atoms with Crippen LogP contribution in [0.15, 0.2) is 18.3 Å². The number of rotatable bonds is 3. The maximum absolute atomic E-state index is 13.5. The van der Waals surface area contributed by atoms with E-state index in [1.807, 2.05) is 11.0 Å². The van der Waals surface area contributed by atoms with Crippen molar-refractivity contribution in [2.75, 3.05) is 23.7 Å². The third-order valence-corrected chi connectivity index (χ3v) is 8.68. The standard InChI is InChI=1S/C23H23F3N6O/c1-10(33)31-9-15-19(22(15)6-18(22)31)17-5-16(12-4-14(23(24,25)26)20(27)28-7-12)29-21(30-17)32-8-11-2-13(32)3-11/h4-5,7,11,13,15,18-19H,2-3,6,8-9H2,1H3,(H2,27,28)/t11?,13?,15-,18?,19+,22?/m1/s1. The van der Waals surface area contributed by atoms with Gasteiger partial charge in [0.05, 0.1) is 17.0 Å². The van der Waals surface area contributed by atoms with Crippen molar-refractivity contribution in [3.63, 3.8) is 0 Å². The molecule has 172 valence electrons. The van der Waals surface area contributed by atoms with Gasteiger partial charge >= 0.3 is 6.18 Å². The fourth-order valence-corrected chi connectivity index (χ4v) is 6.90.